The zero-order valence-corrected chi connectivity index (χ0v) is 33.0. The van der Waals surface area contributed by atoms with Gasteiger partial charge in [0, 0.05) is 32.1 Å². The van der Waals surface area contributed by atoms with Crippen LogP contribution in [-0.4, -0.2) is 165 Å². The maximum atomic E-state index is 12.9. The molecule has 3 aromatic carbocycles. The van der Waals surface area contributed by atoms with E-state index >= 15 is 0 Å². The highest BCUT2D eigenvalue weighted by Crippen LogP contribution is 2.38. The topological polar surface area (TPSA) is 295 Å². The molecule has 332 valence electrons. The van der Waals surface area contributed by atoms with Crippen molar-refractivity contribution in [1.82, 2.24) is 10.6 Å². The van der Waals surface area contributed by atoms with Gasteiger partial charge in [-0.15, -0.1) is 0 Å². The van der Waals surface area contributed by atoms with E-state index in [1.54, 1.807) is 30.3 Å². The smallest absolute Gasteiger partial charge is 0.251 e. The summed E-state index contributed by atoms with van der Waals surface area (Å²) in [4.78, 5) is 37.7. The number of aliphatic hydroxyl groups excluding tert-OH is 7. The van der Waals surface area contributed by atoms with Crippen LogP contribution < -0.4 is 20.5 Å². The lowest BCUT2D eigenvalue weighted by atomic mass is 9.88. The first-order chi connectivity index (χ1) is 29.2. The molecular weight excluding hydrogens is 804 g/mol. The molecule has 14 atom stereocenters. The van der Waals surface area contributed by atoms with Gasteiger partial charge in [0.2, 0.25) is 11.7 Å². The zero-order valence-electron chi connectivity index (χ0n) is 33.0. The van der Waals surface area contributed by atoms with E-state index in [0.29, 0.717) is 5.75 Å². The lowest BCUT2D eigenvalue weighted by molar-refractivity contribution is -0.408. The van der Waals surface area contributed by atoms with Crippen molar-refractivity contribution in [3.8, 4) is 16.9 Å². The molecule has 3 saturated heterocycles. The number of benzene rings is 3. The number of aliphatic carboxylic acids is 1. The summed E-state index contributed by atoms with van der Waals surface area (Å²) in [7, 11) is 0. The van der Waals surface area contributed by atoms with Crippen LogP contribution in [0.2, 0.25) is 0 Å². The Bertz CT molecular complexity index is 1890. The Kier molecular flexibility index (Phi) is 15.4. The van der Waals surface area contributed by atoms with Gasteiger partial charge >= 0.3 is 0 Å². The zero-order chi connectivity index (χ0) is 43.8. The van der Waals surface area contributed by atoms with E-state index in [9.17, 15) is 55.2 Å². The Morgan fingerprint density at radius 1 is 0.885 bits per heavy atom. The van der Waals surface area contributed by atoms with Crippen LogP contribution in [0.1, 0.15) is 30.1 Å². The van der Waals surface area contributed by atoms with E-state index in [-0.39, 0.29) is 25.2 Å². The van der Waals surface area contributed by atoms with Crippen molar-refractivity contribution < 1.29 is 83.7 Å². The Morgan fingerprint density at radius 3 is 2.18 bits per heavy atom. The van der Waals surface area contributed by atoms with Crippen molar-refractivity contribution in [3.05, 3.63) is 90.5 Å². The molecule has 6 rings (SSSR count). The molecule has 0 saturated carbocycles. The Hall–Kier alpha value is -4.61. The van der Waals surface area contributed by atoms with Crippen LogP contribution in [0.4, 0.5) is 0 Å². The molecule has 0 bridgehead atoms. The number of hydrogen-bond acceptors (Lipinski definition) is 17. The average Bonchev–Trinajstić information content (AvgIpc) is 3.26. The lowest BCUT2D eigenvalue weighted by Gasteiger charge is -2.52. The van der Waals surface area contributed by atoms with Crippen LogP contribution >= 0.6 is 0 Å². The maximum absolute atomic E-state index is 12.9. The second-order valence-electron chi connectivity index (χ2n) is 15.1. The Labute approximate surface area is 350 Å². The number of carbonyl (C=O) groups is 3. The molecule has 3 aliphatic rings. The molecule has 19 heteroatoms. The standard InChI is InChI=1S/C42H52N2O17/c1-22(46)44-32-27(47)18-42(41(54)55,60-37(32)33(49)28(48)19-43-39(53)25-10-6-3-7-11-25)61-38-35(51)30(20-45)59-40(36(38)52)58-29-16-17-56-31(34(29)50)21-57-26-14-12-24(13-15-26)23-8-4-2-5-9-23/h2-15,27-38,40,45,47-52H,16-21H2,1H3,(H,43,53)(H,44,46)(H,54,55)/p-1/t27-,28+,29+,30+,31+,32+,33-,34+,35-,36+,37+,38-,40+,42-/m0/s1. The largest absolute Gasteiger partial charge is 0.544 e. The fourth-order valence-electron chi connectivity index (χ4n) is 7.53. The number of amides is 2. The van der Waals surface area contributed by atoms with Crippen molar-refractivity contribution in [2.45, 2.75) is 105 Å². The summed E-state index contributed by atoms with van der Waals surface area (Å²) in [6, 6.07) is 23.3. The molecule has 0 unspecified atom stereocenters. The van der Waals surface area contributed by atoms with Gasteiger partial charge in [-0.1, -0.05) is 60.7 Å². The van der Waals surface area contributed by atoms with Gasteiger partial charge in [0.15, 0.2) is 6.29 Å². The summed E-state index contributed by atoms with van der Waals surface area (Å²) >= 11 is 0. The molecule has 3 aromatic rings. The number of carbonyl (C=O) groups excluding carboxylic acids is 3. The second kappa shape index (κ2) is 20.5. The molecule has 0 radical (unpaired) electrons. The van der Waals surface area contributed by atoms with Gasteiger partial charge in [-0.2, -0.15) is 0 Å². The summed E-state index contributed by atoms with van der Waals surface area (Å²) in [6.45, 7) is -0.435. The first kappa shape index (κ1) is 45.9. The van der Waals surface area contributed by atoms with Gasteiger partial charge in [-0.3, -0.25) is 9.59 Å². The van der Waals surface area contributed by atoms with Gasteiger partial charge in [-0.05, 0) is 41.8 Å². The van der Waals surface area contributed by atoms with Crippen molar-refractivity contribution in [1.29, 1.82) is 0 Å². The van der Waals surface area contributed by atoms with Crippen LogP contribution in [0.3, 0.4) is 0 Å². The van der Waals surface area contributed by atoms with Gasteiger partial charge < -0.3 is 84.7 Å². The maximum Gasteiger partial charge on any atom is 0.251 e. The molecule has 0 spiro atoms. The number of aliphatic hydroxyl groups is 7. The second-order valence-corrected chi connectivity index (χ2v) is 15.1. The number of rotatable bonds is 16. The molecule has 3 fully saturated rings. The molecule has 0 aromatic heterocycles. The molecule has 61 heavy (non-hydrogen) atoms. The first-order valence-electron chi connectivity index (χ1n) is 19.8. The normalized spacial score (nSPS) is 32.6. The molecule has 2 amide bonds. The van der Waals surface area contributed by atoms with Crippen LogP contribution in [0, 0.1) is 0 Å². The minimum Gasteiger partial charge on any atom is -0.544 e. The van der Waals surface area contributed by atoms with E-state index in [1.165, 1.54) is 12.1 Å². The Morgan fingerprint density at radius 2 is 1.54 bits per heavy atom. The summed E-state index contributed by atoms with van der Waals surface area (Å²) < 4.78 is 34.8. The van der Waals surface area contributed by atoms with Crippen molar-refractivity contribution in [3.63, 3.8) is 0 Å². The van der Waals surface area contributed by atoms with Gasteiger partial charge in [0.05, 0.1) is 31.0 Å². The predicted molar refractivity (Wildman–Crippen MR) is 207 cm³/mol. The van der Waals surface area contributed by atoms with E-state index in [4.69, 9.17) is 28.4 Å². The molecule has 19 nitrogen and oxygen atoms in total. The summed E-state index contributed by atoms with van der Waals surface area (Å²) in [5, 5.41) is 95.3. The third-order valence-electron chi connectivity index (χ3n) is 10.8. The minimum absolute atomic E-state index is 0.0813. The van der Waals surface area contributed by atoms with Crippen LogP contribution in [0.5, 0.6) is 5.75 Å². The SMILES string of the molecule is CC(=O)N[C@H]1[C@H]([C@@H](O)[C@H](O)CNC(=O)c2ccccc2)O[C@@](O[C@H]2[C@@H](O)[C@@H](CO)O[C@@H](O[C@@H]3CCO[C@H](COc4ccc(-c5ccccc5)cc4)[C@@H]3O)[C@@H]2O)(C(=O)[O-])C[C@@H]1O. The summed E-state index contributed by atoms with van der Waals surface area (Å²) in [6.07, 6.45) is -21.5. The molecule has 0 aliphatic carbocycles. The Balaban J connectivity index is 1.14. The summed E-state index contributed by atoms with van der Waals surface area (Å²) in [5.41, 5.74) is 2.22. The third-order valence-corrected chi connectivity index (χ3v) is 10.8. The number of ether oxygens (including phenoxy) is 6. The number of carboxylic acid groups (broad SMARTS) is 1. The first-order valence-corrected chi connectivity index (χ1v) is 19.8. The van der Waals surface area contributed by atoms with Crippen LogP contribution in [-0.2, 0) is 33.3 Å². The minimum atomic E-state index is -3.10. The van der Waals surface area contributed by atoms with E-state index in [0.717, 1.165) is 18.1 Å². The van der Waals surface area contributed by atoms with Gasteiger partial charge in [0.1, 0.15) is 67.2 Å². The molecule has 3 aliphatic heterocycles. The van der Waals surface area contributed by atoms with Gasteiger partial charge in [-0.25, -0.2) is 0 Å². The monoisotopic (exact) mass is 855 g/mol. The van der Waals surface area contributed by atoms with Crippen molar-refractivity contribution in [2.75, 3.05) is 26.4 Å². The number of hydrogen-bond donors (Lipinski definition) is 9. The predicted octanol–water partition coefficient (Wildman–Crippen LogP) is -2.66. The highest BCUT2D eigenvalue weighted by Gasteiger charge is 2.57. The van der Waals surface area contributed by atoms with Crippen molar-refractivity contribution in [2.24, 2.45) is 0 Å². The van der Waals surface area contributed by atoms with Crippen LogP contribution in [0.15, 0.2) is 84.9 Å². The van der Waals surface area contributed by atoms with E-state index in [2.05, 4.69) is 10.6 Å². The lowest BCUT2D eigenvalue weighted by Crippen LogP contribution is -2.72. The third kappa shape index (κ3) is 10.9. The quantitative estimate of drug-likeness (QED) is 0.0711. The fourth-order valence-corrected chi connectivity index (χ4v) is 7.53. The summed E-state index contributed by atoms with van der Waals surface area (Å²) in [5.74, 6) is -6.10. The molecular formula is C42H51N2O17-. The average molecular weight is 856 g/mol. The van der Waals surface area contributed by atoms with Gasteiger partial charge in [0.25, 0.3) is 5.91 Å². The van der Waals surface area contributed by atoms with E-state index < -0.39 is 123 Å². The van der Waals surface area contributed by atoms with E-state index in [1.807, 2.05) is 42.5 Å². The number of nitrogens with one attached hydrogen (secondary N) is 2. The highest BCUT2D eigenvalue weighted by atomic mass is 16.8. The number of carboxylic acids is 1. The molecule has 9 N–H and O–H groups in total. The van der Waals surface area contributed by atoms with Crippen LogP contribution in [0.25, 0.3) is 11.1 Å². The highest BCUT2D eigenvalue weighted by molar-refractivity contribution is 5.94. The van der Waals surface area contributed by atoms with Crippen molar-refractivity contribution >= 4 is 17.8 Å². The molecule has 3 heterocycles. The fraction of sp³-hybridized carbons (Fsp3) is 0.500.